The highest BCUT2D eigenvalue weighted by atomic mass is 32.2. The first-order chi connectivity index (χ1) is 11.6. The minimum atomic E-state index is -3.99. The van der Waals surface area contributed by atoms with Crippen LogP contribution in [0, 0.1) is 10.1 Å². The normalized spacial score (nSPS) is 11.0. The van der Waals surface area contributed by atoms with Crippen molar-refractivity contribution >= 4 is 40.6 Å². The van der Waals surface area contributed by atoms with Crippen molar-refractivity contribution in [2.24, 2.45) is 5.14 Å². The standard InChI is InChI=1S/C14H12BN3O6S/c1-24-12-7-9(3-5-13(12)25(16,22)23)17-14(19)8-2-4-10(15)11(6-8)18(20)21/h2-7H,1H3,(H,17,19)(H2,16,22,23). The molecule has 0 saturated carbocycles. The van der Waals surface area contributed by atoms with E-state index in [-0.39, 0.29) is 27.4 Å². The number of nitrogens with one attached hydrogen (secondary N) is 1. The van der Waals surface area contributed by atoms with E-state index in [1.165, 1.54) is 37.4 Å². The second kappa shape index (κ2) is 6.91. The van der Waals surface area contributed by atoms with Crippen LogP contribution < -0.4 is 20.7 Å². The number of carbonyl (C=O) groups is 1. The maximum atomic E-state index is 12.2. The SMILES string of the molecule is [B]c1ccc(C(=O)Nc2ccc(S(N)(=O)=O)c(OC)c2)cc1[N+](=O)[O-]. The molecule has 1 amide bonds. The molecule has 0 saturated heterocycles. The Hall–Kier alpha value is -2.92. The molecule has 0 atom stereocenters. The van der Waals surface area contributed by atoms with E-state index in [2.05, 4.69) is 5.32 Å². The molecular weight excluding hydrogens is 349 g/mol. The molecule has 2 aromatic rings. The van der Waals surface area contributed by atoms with Gasteiger partial charge in [-0.3, -0.25) is 14.9 Å². The number of nitrogens with zero attached hydrogens (tertiary/aromatic N) is 1. The molecule has 0 fully saturated rings. The highest BCUT2D eigenvalue weighted by molar-refractivity contribution is 7.89. The van der Waals surface area contributed by atoms with E-state index in [0.29, 0.717) is 0 Å². The molecule has 2 aromatic carbocycles. The number of carbonyl (C=O) groups excluding carboxylic acids is 1. The largest absolute Gasteiger partial charge is 0.495 e. The highest BCUT2D eigenvalue weighted by Crippen LogP contribution is 2.26. The van der Waals surface area contributed by atoms with Gasteiger partial charge < -0.3 is 10.1 Å². The molecule has 9 nitrogen and oxygen atoms in total. The summed E-state index contributed by atoms with van der Waals surface area (Å²) < 4.78 is 27.8. The van der Waals surface area contributed by atoms with Gasteiger partial charge in [-0.2, -0.15) is 0 Å². The van der Waals surface area contributed by atoms with Crippen LogP contribution in [0.15, 0.2) is 41.3 Å². The summed E-state index contributed by atoms with van der Waals surface area (Å²) in [7, 11) is 2.74. The molecule has 0 aliphatic rings. The lowest BCUT2D eigenvalue weighted by atomic mass is 9.93. The van der Waals surface area contributed by atoms with Crippen molar-refractivity contribution in [1.82, 2.24) is 0 Å². The Morgan fingerprint density at radius 1 is 1.28 bits per heavy atom. The maximum absolute atomic E-state index is 12.2. The van der Waals surface area contributed by atoms with E-state index in [1.807, 2.05) is 0 Å². The van der Waals surface area contributed by atoms with Crippen LogP contribution in [0.5, 0.6) is 5.75 Å². The molecule has 3 N–H and O–H groups in total. The van der Waals surface area contributed by atoms with Crippen LogP contribution in [0.3, 0.4) is 0 Å². The Balaban J connectivity index is 2.32. The Morgan fingerprint density at radius 3 is 2.52 bits per heavy atom. The van der Waals surface area contributed by atoms with Crippen LogP contribution in [0.25, 0.3) is 0 Å². The third-order valence-electron chi connectivity index (χ3n) is 3.22. The van der Waals surface area contributed by atoms with E-state index < -0.39 is 26.5 Å². The maximum Gasteiger partial charge on any atom is 0.263 e. The van der Waals surface area contributed by atoms with Gasteiger partial charge in [0.15, 0.2) is 0 Å². The fraction of sp³-hybridized carbons (Fsp3) is 0.0714. The molecule has 128 valence electrons. The lowest BCUT2D eigenvalue weighted by Gasteiger charge is -2.10. The third kappa shape index (κ3) is 4.14. The lowest BCUT2D eigenvalue weighted by Crippen LogP contribution is -2.17. The summed E-state index contributed by atoms with van der Waals surface area (Å²) in [6, 6.07) is 7.37. The van der Waals surface area contributed by atoms with Crippen molar-refractivity contribution in [2.45, 2.75) is 4.90 Å². The van der Waals surface area contributed by atoms with Crippen LogP contribution in [-0.2, 0) is 10.0 Å². The number of nitro benzene ring substituents is 1. The number of anilines is 1. The number of primary sulfonamides is 1. The molecular formula is C14H12BN3O6S. The number of amides is 1. The van der Waals surface area contributed by atoms with Gasteiger partial charge >= 0.3 is 0 Å². The van der Waals surface area contributed by atoms with Gasteiger partial charge in [0.25, 0.3) is 11.6 Å². The quantitative estimate of drug-likeness (QED) is 0.446. The predicted molar refractivity (Wildman–Crippen MR) is 90.8 cm³/mol. The molecule has 0 heterocycles. The summed E-state index contributed by atoms with van der Waals surface area (Å²) in [5, 5.41) is 18.4. The smallest absolute Gasteiger partial charge is 0.263 e. The van der Waals surface area contributed by atoms with Gasteiger partial charge in [0.1, 0.15) is 18.5 Å². The number of benzene rings is 2. The molecule has 0 aliphatic carbocycles. The first kappa shape index (κ1) is 18.4. The summed E-state index contributed by atoms with van der Waals surface area (Å²) in [5.41, 5.74) is -0.236. The molecule has 0 bridgehead atoms. The van der Waals surface area contributed by atoms with Crippen molar-refractivity contribution in [2.75, 3.05) is 12.4 Å². The molecule has 2 radical (unpaired) electrons. The highest BCUT2D eigenvalue weighted by Gasteiger charge is 2.18. The second-order valence-corrected chi connectivity index (χ2v) is 6.43. The van der Waals surface area contributed by atoms with Gasteiger partial charge in [-0.05, 0) is 23.7 Å². The molecule has 0 spiro atoms. The van der Waals surface area contributed by atoms with Crippen molar-refractivity contribution in [3.63, 3.8) is 0 Å². The first-order valence-corrected chi connectivity index (χ1v) is 8.24. The zero-order valence-electron chi connectivity index (χ0n) is 12.9. The van der Waals surface area contributed by atoms with Crippen molar-refractivity contribution in [3.05, 3.63) is 52.1 Å². The molecule has 0 aliphatic heterocycles. The minimum absolute atomic E-state index is 0.00962. The topological polar surface area (TPSA) is 142 Å². The van der Waals surface area contributed by atoms with E-state index in [0.717, 1.165) is 6.07 Å². The van der Waals surface area contributed by atoms with E-state index in [4.69, 9.17) is 17.7 Å². The average molecular weight is 361 g/mol. The number of methoxy groups -OCH3 is 1. The number of ether oxygens (including phenoxy) is 1. The second-order valence-electron chi connectivity index (χ2n) is 4.90. The minimum Gasteiger partial charge on any atom is -0.495 e. The van der Waals surface area contributed by atoms with Gasteiger partial charge in [-0.25, -0.2) is 13.6 Å². The summed E-state index contributed by atoms with van der Waals surface area (Å²) in [6.07, 6.45) is 0. The van der Waals surface area contributed by atoms with Crippen LogP contribution in [0.4, 0.5) is 11.4 Å². The van der Waals surface area contributed by atoms with Gasteiger partial charge in [0.05, 0.1) is 12.0 Å². The van der Waals surface area contributed by atoms with E-state index in [1.54, 1.807) is 0 Å². The first-order valence-electron chi connectivity index (χ1n) is 6.69. The predicted octanol–water partition coefficient (Wildman–Crippen LogP) is 0.297. The van der Waals surface area contributed by atoms with Crippen molar-refractivity contribution in [1.29, 1.82) is 0 Å². The van der Waals surface area contributed by atoms with Crippen LogP contribution in [-0.4, -0.2) is 34.2 Å². The van der Waals surface area contributed by atoms with Gasteiger partial charge in [-0.1, -0.05) is 6.07 Å². The number of nitrogens with two attached hydrogens (primary N) is 1. The summed E-state index contributed by atoms with van der Waals surface area (Å²) in [5.74, 6) is -0.697. The average Bonchev–Trinajstić information content (AvgIpc) is 2.53. The Labute approximate surface area is 144 Å². The lowest BCUT2D eigenvalue weighted by molar-refractivity contribution is -0.383. The molecule has 2 rings (SSSR count). The fourth-order valence-corrected chi connectivity index (χ4v) is 2.71. The number of hydrogen-bond donors (Lipinski definition) is 2. The fourth-order valence-electron chi connectivity index (χ4n) is 2.03. The Bertz CT molecular complexity index is 961. The van der Waals surface area contributed by atoms with Gasteiger partial charge in [-0.15, -0.1) is 0 Å². The summed E-state index contributed by atoms with van der Waals surface area (Å²) in [4.78, 5) is 22.2. The summed E-state index contributed by atoms with van der Waals surface area (Å²) in [6.45, 7) is 0. The molecule has 0 aromatic heterocycles. The van der Waals surface area contributed by atoms with Crippen LogP contribution in [0.2, 0.25) is 0 Å². The Morgan fingerprint density at radius 2 is 1.96 bits per heavy atom. The monoisotopic (exact) mass is 361 g/mol. The Kier molecular flexibility index (Phi) is 5.09. The molecule has 11 heteroatoms. The molecule has 0 unspecified atom stereocenters. The number of sulfonamides is 1. The number of rotatable bonds is 5. The third-order valence-corrected chi connectivity index (χ3v) is 4.17. The van der Waals surface area contributed by atoms with E-state index >= 15 is 0 Å². The molecule has 25 heavy (non-hydrogen) atoms. The zero-order valence-corrected chi connectivity index (χ0v) is 13.7. The number of nitro groups is 1. The van der Waals surface area contributed by atoms with Crippen LogP contribution >= 0.6 is 0 Å². The van der Waals surface area contributed by atoms with Crippen molar-refractivity contribution in [3.8, 4) is 5.75 Å². The van der Waals surface area contributed by atoms with Gasteiger partial charge in [0, 0.05) is 23.4 Å². The van der Waals surface area contributed by atoms with E-state index in [9.17, 15) is 23.3 Å². The van der Waals surface area contributed by atoms with Gasteiger partial charge in [0.2, 0.25) is 10.0 Å². The van der Waals surface area contributed by atoms with Crippen molar-refractivity contribution < 1.29 is 22.9 Å². The van der Waals surface area contributed by atoms with Crippen LogP contribution in [0.1, 0.15) is 10.4 Å². The number of hydrogen-bond acceptors (Lipinski definition) is 6. The summed E-state index contributed by atoms with van der Waals surface area (Å²) >= 11 is 0. The zero-order chi connectivity index (χ0) is 18.8.